The first kappa shape index (κ1) is 13.8. The Morgan fingerprint density at radius 3 is 2.68 bits per heavy atom. The highest BCUT2D eigenvalue weighted by atomic mass is 79.9. The number of carbonyl (C=O) groups excluding carboxylic acids is 1. The highest BCUT2D eigenvalue weighted by Crippen LogP contribution is 2.21. The molecule has 0 atom stereocenters. The lowest BCUT2D eigenvalue weighted by molar-refractivity contribution is 0.0992. The lowest BCUT2D eigenvalue weighted by Gasteiger charge is -2.07. The molecule has 0 amide bonds. The number of hydrogen-bond acceptors (Lipinski definition) is 2. The summed E-state index contributed by atoms with van der Waals surface area (Å²) in [6.07, 6.45) is 0.383. The summed E-state index contributed by atoms with van der Waals surface area (Å²) in [5.74, 6) is 0.892. The molecule has 0 aliphatic carbocycles. The van der Waals surface area contributed by atoms with Crippen molar-refractivity contribution in [3.8, 4) is 5.75 Å². The Morgan fingerprint density at radius 2 is 1.95 bits per heavy atom. The minimum absolute atomic E-state index is 0.118. The Morgan fingerprint density at radius 1 is 1.21 bits per heavy atom. The number of benzene rings is 2. The van der Waals surface area contributed by atoms with E-state index in [4.69, 9.17) is 4.74 Å². The van der Waals surface area contributed by atoms with Gasteiger partial charge in [-0.3, -0.25) is 4.79 Å². The van der Waals surface area contributed by atoms with Crippen molar-refractivity contribution in [2.24, 2.45) is 0 Å². The van der Waals surface area contributed by atoms with Crippen molar-refractivity contribution in [3.63, 3.8) is 0 Å². The zero-order valence-corrected chi connectivity index (χ0v) is 12.5. The van der Waals surface area contributed by atoms with Crippen molar-refractivity contribution >= 4 is 21.7 Å². The molecule has 0 radical (unpaired) electrons. The van der Waals surface area contributed by atoms with Crippen LogP contribution in [-0.2, 0) is 6.42 Å². The van der Waals surface area contributed by atoms with Crippen molar-refractivity contribution in [2.45, 2.75) is 13.3 Å². The van der Waals surface area contributed by atoms with Gasteiger partial charge in [-0.05, 0) is 36.2 Å². The van der Waals surface area contributed by atoms with E-state index >= 15 is 0 Å². The molecule has 2 rings (SSSR count). The number of halogens is 1. The van der Waals surface area contributed by atoms with Gasteiger partial charge in [-0.1, -0.05) is 40.2 Å². The summed E-state index contributed by atoms with van der Waals surface area (Å²) < 4.78 is 6.13. The standard InChI is InChI=1S/C16H15BrO2/c1-11-14(7-4-8-15(11)17)16(18)10-12-5-3-6-13(9-12)19-2/h3-9H,10H2,1-2H3. The molecule has 0 bridgehead atoms. The summed E-state index contributed by atoms with van der Waals surface area (Å²) in [5.41, 5.74) is 2.70. The lowest BCUT2D eigenvalue weighted by atomic mass is 9.99. The minimum Gasteiger partial charge on any atom is -0.497 e. The smallest absolute Gasteiger partial charge is 0.167 e. The lowest BCUT2D eigenvalue weighted by Crippen LogP contribution is -2.06. The predicted octanol–water partition coefficient (Wildman–Crippen LogP) is 4.19. The molecule has 0 unspecified atom stereocenters. The van der Waals surface area contributed by atoms with Gasteiger partial charge in [0.2, 0.25) is 0 Å². The number of Topliss-reactive ketones (excluding diaryl/α,β-unsaturated/α-hetero) is 1. The van der Waals surface area contributed by atoms with Crippen LogP contribution in [0.2, 0.25) is 0 Å². The summed E-state index contributed by atoms with van der Waals surface area (Å²) in [5, 5.41) is 0. The fraction of sp³-hybridized carbons (Fsp3) is 0.188. The fourth-order valence-corrected chi connectivity index (χ4v) is 2.34. The molecule has 0 heterocycles. The van der Waals surface area contributed by atoms with E-state index in [-0.39, 0.29) is 5.78 Å². The highest BCUT2D eigenvalue weighted by Gasteiger charge is 2.11. The summed E-state index contributed by atoms with van der Waals surface area (Å²) in [4.78, 5) is 12.3. The molecular formula is C16H15BrO2. The second-order valence-corrected chi connectivity index (χ2v) is 5.22. The first-order valence-corrected chi connectivity index (χ1v) is 6.82. The van der Waals surface area contributed by atoms with Gasteiger partial charge < -0.3 is 4.74 Å². The van der Waals surface area contributed by atoms with Crippen molar-refractivity contribution < 1.29 is 9.53 Å². The van der Waals surface area contributed by atoms with Gasteiger partial charge in [0.05, 0.1) is 7.11 Å². The quantitative estimate of drug-likeness (QED) is 0.790. The first-order chi connectivity index (χ1) is 9.11. The molecule has 0 aromatic heterocycles. The molecule has 19 heavy (non-hydrogen) atoms. The Labute approximate surface area is 121 Å². The van der Waals surface area contributed by atoms with E-state index in [1.54, 1.807) is 7.11 Å². The Kier molecular flexibility index (Phi) is 4.38. The number of hydrogen-bond donors (Lipinski definition) is 0. The number of rotatable bonds is 4. The number of carbonyl (C=O) groups is 1. The van der Waals surface area contributed by atoms with Crippen molar-refractivity contribution in [1.82, 2.24) is 0 Å². The van der Waals surface area contributed by atoms with Crippen molar-refractivity contribution in [1.29, 1.82) is 0 Å². The van der Waals surface area contributed by atoms with Crippen LogP contribution in [0.3, 0.4) is 0 Å². The molecule has 0 saturated carbocycles. The molecule has 2 nitrogen and oxygen atoms in total. The summed E-state index contributed by atoms with van der Waals surface area (Å²) >= 11 is 3.45. The van der Waals surface area contributed by atoms with E-state index < -0.39 is 0 Å². The van der Waals surface area contributed by atoms with Crippen LogP contribution < -0.4 is 4.74 Å². The largest absolute Gasteiger partial charge is 0.497 e. The van der Waals surface area contributed by atoms with Crippen LogP contribution in [0.15, 0.2) is 46.9 Å². The van der Waals surface area contributed by atoms with Crippen LogP contribution >= 0.6 is 15.9 Å². The second kappa shape index (κ2) is 6.02. The van der Waals surface area contributed by atoms with E-state index in [1.807, 2.05) is 49.4 Å². The monoisotopic (exact) mass is 318 g/mol. The summed E-state index contributed by atoms with van der Waals surface area (Å²) in [6, 6.07) is 13.3. The molecule has 0 spiro atoms. The Hall–Kier alpha value is -1.61. The van der Waals surface area contributed by atoms with Crippen LogP contribution in [0.4, 0.5) is 0 Å². The Bertz CT molecular complexity index is 605. The fourth-order valence-electron chi connectivity index (χ4n) is 1.97. The molecule has 98 valence electrons. The maximum Gasteiger partial charge on any atom is 0.167 e. The normalized spacial score (nSPS) is 10.3. The third-order valence-corrected chi connectivity index (χ3v) is 3.93. The van der Waals surface area contributed by atoms with Gasteiger partial charge >= 0.3 is 0 Å². The molecule has 0 aliphatic heterocycles. The first-order valence-electron chi connectivity index (χ1n) is 6.03. The van der Waals surface area contributed by atoms with Crippen LogP contribution in [0.5, 0.6) is 5.75 Å². The van der Waals surface area contributed by atoms with E-state index in [0.29, 0.717) is 6.42 Å². The number of ether oxygens (including phenoxy) is 1. The number of methoxy groups -OCH3 is 1. The molecule has 0 fully saturated rings. The van der Waals surface area contributed by atoms with Gasteiger partial charge in [-0.25, -0.2) is 0 Å². The van der Waals surface area contributed by atoms with Gasteiger partial charge in [-0.15, -0.1) is 0 Å². The van der Waals surface area contributed by atoms with E-state index in [9.17, 15) is 4.79 Å². The van der Waals surface area contributed by atoms with Gasteiger partial charge in [0, 0.05) is 16.5 Å². The molecule has 2 aromatic carbocycles. The summed E-state index contributed by atoms with van der Waals surface area (Å²) in [7, 11) is 1.62. The molecule has 0 saturated heterocycles. The van der Waals surface area contributed by atoms with Gasteiger partial charge in [0.25, 0.3) is 0 Å². The van der Waals surface area contributed by atoms with Crippen molar-refractivity contribution in [2.75, 3.05) is 7.11 Å². The van der Waals surface area contributed by atoms with E-state index in [0.717, 1.165) is 26.9 Å². The van der Waals surface area contributed by atoms with Crippen LogP contribution in [0.25, 0.3) is 0 Å². The molecule has 3 heteroatoms. The van der Waals surface area contributed by atoms with Crippen LogP contribution in [-0.4, -0.2) is 12.9 Å². The third-order valence-electron chi connectivity index (χ3n) is 3.07. The van der Waals surface area contributed by atoms with Crippen LogP contribution in [0.1, 0.15) is 21.5 Å². The van der Waals surface area contributed by atoms with E-state index in [1.165, 1.54) is 0 Å². The zero-order valence-electron chi connectivity index (χ0n) is 10.9. The molecule has 0 aliphatic rings. The third kappa shape index (κ3) is 3.24. The second-order valence-electron chi connectivity index (χ2n) is 4.36. The molecule has 2 aromatic rings. The van der Waals surface area contributed by atoms with Gasteiger partial charge in [0.15, 0.2) is 5.78 Å². The topological polar surface area (TPSA) is 26.3 Å². The summed E-state index contributed by atoms with van der Waals surface area (Å²) in [6.45, 7) is 1.95. The Balaban J connectivity index is 2.23. The average molecular weight is 319 g/mol. The molecule has 0 N–H and O–H groups in total. The average Bonchev–Trinajstić information content (AvgIpc) is 2.42. The van der Waals surface area contributed by atoms with Crippen molar-refractivity contribution in [3.05, 3.63) is 63.6 Å². The maximum atomic E-state index is 12.3. The SMILES string of the molecule is COc1cccc(CC(=O)c2cccc(Br)c2C)c1. The zero-order chi connectivity index (χ0) is 13.8. The maximum absolute atomic E-state index is 12.3. The minimum atomic E-state index is 0.118. The van der Waals surface area contributed by atoms with Gasteiger partial charge in [-0.2, -0.15) is 0 Å². The predicted molar refractivity (Wildman–Crippen MR) is 79.9 cm³/mol. The highest BCUT2D eigenvalue weighted by molar-refractivity contribution is 9.10. The van der Waals surface area contributed by atoms with Gasteiger partial charge in [0.1, 0.15) is 5.75 Å². The molecular weight excluding hydrogens is 304 g/mol. The van der Waals surface area contributed by atoms with E-state index in [2.05, 4.69) is 15.9 Å². The van der Waals surface area contributed by atoms with Crippen LogP contribution in [0, 0.1) is 6.92 Å². The number of ketones is 1.